The zero-order valence-electron chi connectivity index (χ0n) is 8.63. The molecule has 0 spiro atoms. The lowest BCUT2D eigenvalue weighted by atomic mass is 9.80. The van der Waals surface area contributed by atoms with Crippen LogP contribution in [0.3, 0.4) is 0 Å². The quantitative estimate of drug-likeness (QED) is 0.722. The van der Waals surface area contributed by atoms with E-state index in [1.54, 1.807) is 7.11 Å². The smallest absolute Gasteiger partial charge is 0.156 e. The summed E-state index contributed by atoms with van der Waals surface area (Å²) in [4.78, 5) is 11.2. The topological polar surface area (TPSA) is 26.3 Å². The van der Waals surface area contributed by atoms with Crippen molar-refractivity contribution in [2.75, 3.05) is 7.11 Å². The molecule has 1 aliphatic rings. The average Bonchev–Trinajstić information content (AvgIpc) is 2.29. The highest BCUT2D eigenvalue weighted by Crippen LogP contribution is 2.39. The third-order valence-electron chi connectivity index (χ3n) is 3.10. The van der Waals surface area contributed by atoms with Crippen LogP contribution in [0.15, 0.2) is 18.2 Å². The van der Waals surface area contributed by atoms with E-state index in [1.807, 2.05) is 18.2 Å². The molecule has 80 valence electrons. The van der Waals surface area contributed by atoms with E-state index >= 15 is 0 Å². The van der Waals surface area contributed by atoms with Crippen molar-refractivity contribution in [1.82, 2.24) is 0 Å². The van der Waals surface area contributed by atoms with Gasteiger partial charge in [-0.25, -0.2) is 0 Å². The molecule has 1 unspecified atom stereocenters. The van der Waals surface area contributed by atoms with Crippen LogP contribution in [0.25, 0.3) is 0 Å². The molecule has 0 fully saturated rings. The van der Waals surface area contributed by atoms with Crippen molar-refractivity contribution in [2.45, 2.75) is 24.9 Å². The Bertz CT molecular complexity index is 389. The maximum atomic E-state index is 11.2. The minimum atomic E-state index is -0.779. The Morgan fingerprint density at radius 3 is 3.00 bits per heavy atom. The van der Waals surface area contributed by atoms with Gasteiger partial charge in [-0.15, -0.1) is 0 Å². The lowest BCUT2D eigenvalue weighted by Crippen LogP contribution is -2.34. The van der Waals surface area contributed by atoms with Crippen LogP contribution >= 0.6 is 11.6 Å². The molecule has 0 aliphatic heterocycles. The number of ether oxygens (including phenoxy) is 1. The van der Waals surface area contributed by atoms with Gasteiger partial charge in [-0.3, -0.25) is 4.79 Å². The van der Waals surface area contributed by atoms with Gasteiger partial charge in [0.1, 0.15) is 5.60 Å². The predicted molar refractivity (Wildman–Crippen MR) is 59.1 cm³/mol. The van der Waals surface area contributed by atoms with Crippen LogP contribution in [0.2, 0.25) is 5.02 Å². The van der Waals surface area contributed by atoms with E-state index in [2.05, 4.69) is 0 Å². The SMILES string of the molecule is COC1(C=O)CCCc2c(Cl)cccc21. The van der Waals surface area contributed by atoms with Gasteiger partial charge in [-0.2, -0.15) is 0 Å². The first kappa shape index (κ1) is 10.7. The summed E-state index contributed by atoms with van der Waals surface area (Å²) >= 11 is 6.11. The van der Waals surface area contributed by atoms with Gasteiger partial charge in [-0.1, -0.05) is 23.7 Å². The van der Waals surface area contributed by atoms with E-state index in [9.17, 15) is 4.79 Å². The van der Waals surface area contributed by atoms with Crippen LogP contribution in [0.1, 0.15) is 24.0 Å². The number of rotatable bonds is 2. The summed E-state index contributed by atoms with van der Waals surface area (Å²) in [7, 11) is 1.57. The first-order chi connectivity index (χ1) is 7.23. The Hall–Kier alpha value is -0.860. The van der Waals surface area contributed by atoms with Gasteiger partial charge in [0.15, 0.2) is 6.29 Å². The van der Waals surface area contributed by atoms with Crippen molar-refractivity contribution in [1.29, 1.82) is 0 Å². The van der Waals surface area contributed by atoms with E-state index in [4.69, 9.17) is 16.3 Å². The highest BCUT2D eigenvalue weighted by Gasteiger charge is 2.37. The van der Waals surface area contributed by atoms with E-state index in [0.29, 0.717) is 0 Å². The van der Waals surface area contributed by atoms with E-state index < -0.39 is 5.60 Å². The summed E-state index contributed by atoms with van der Waals surface area (Å²) in [6.07, 6.45) is 3.49. The lowest BCUT2D eigenvalue weighted by Gasteiger charge is -2.33. The molecule has 0 N–H and O–H groups in total. The molecule has 1 aliphatic carbocycles. The van der Waals surface area contributed by atoms with Gasteiger partial charge in [0.25, 0.3) is 0 Å². The van der Waals surface area contributed by atoms with Crippen LogP contribution in [0, 0.1) is 0 Å². The average molecular weight is 225 g/mol. The Kier molecular flexibility index (Phi) is 2.81. The number of carbonyl (C=O) groups excluding carboxylic acids is 1. The van der Waals surface area contributed by atoms with E-state index in [0.717, 1.165) is 41.7 Å². The van der Waals surface area contributed by atoms with Crippen molar-refractivity contribution in [3.8, 4) is 0 Å². The Balaban J connectivity index is 2.60. The van der Waals surface area contributed by atoms with Gasteiger partial charge < -0.3 is 4.74 Å². The van der Waals surface area contributed by atoms with Gasteiger partial charge >= 0.3 is 0 Å². The molecular weight excluding hydrogens is 212 g/mol. The molecular formula is C12H13ClO2. The molecule has 0 aromatic heterocycles. The fraction of sp³-hybridized carbons (Fsp3) is 0.417. The summed E-state index contributed by atoms with van der Waals surface area (Å²) in [6.45, 7) is 0. The summed E-state index contributed by atoms with van der Waals surface area (Å²) in [5.74, 6) is 0. The highest BCUT2D eigenvalue weighted by atomic mass is 35.5. The molecule has 1 aromatic carbocycles. The molecule has 0 saturated heterocycles. The minimum Gasteiger partial charge on any atom is -0.366 e. The first-order valence-electron chi connectivity index (χ1n) is 5.03. The molecule has 0 radical (unpaired) electrons. The first-order valence-corrected chi connectivity index (χ1v) is 5.40. The highest BCUT2D eigenvalue weighted by molar-refractivity contribution is 6.31. The van der Waals surface area contributed by atoms with Crippen LogP contribution in [-0.4, -0.2) is 13.4 Å². The molecule has 0 heterocycles. The summed E-state index contributed by atoms with van der Waals surface area (Å²) in [5.41, 5.74) is 1.21. The van der Waals surface area contributed by atoms with Crippen molar-refractivity contribution in [3.63, 3.8) is 0 Å². The van der Waals surface area contributed by atoms with Gasteiger partial charge in [0.2, 0.25) is 0 Å². The zero-order valence-corrected chi connectivity index (χ0v) is 9.38. The normalized spacial score (nSPS) is 24.7. The van der Waals surface area contributed by atoms with E-state index in [1.165, 1.54) is 0 Å². The third kappa shape index (κ3) is 1.58. The maximum Gasteiger partial charge on any atom is 0.156 e. The third-order valence-corrected chi connectivity index (χ3v) is 3.46. The van der Waals surface area contributed by atoms with Crippen LogP contribution in [-0.2, 0) is 21.6 Å². The number of hydrogen-bond donors (Lipinski definition) is 0. The predicted octanol–water partition coefficient (Wildman–Crippen LogP) is 2.72. The van der Waals surface area contributed by atoms with Gasteiger partial charge in [0.05, 0.1) is 0 Å². The second kappa shape index (κ2) is 3.95. The van der Waals surface area contributed by atoms with Crippen LogP contribution in [0.5, 0.6) is 0 Å². The van der Waals surface area contributed by atoms with Crippen LogP contribution < -0.4 is 0 Å². The van der Waals surface area contributed by atoms with E-state index in [-0.39, 0.29) is 0 Å². The number of fused-ring (bicyclic) bond motifs is 1. The number of benzene rings is 1. The minimum absolute atomic E-state index is 0.732. The second-order valence-corrected chi connectivity index (χ2v) is 4.24. The largest absolute Gasteiger partial charge is 0.366 e. The standard InChI is InChI=1S/C12H13ClO2/c1-15-12(8-14)7-3-4-9-10(12)5-2-6-11(9)13/h2,5-6,8H,3-4,7H2,1H3. The number of halogens is 1. The van der Waals surface area contributed by atoms with Gasteiger partial charge in [-0.05, 0) is 36.5 Å². The second-order valence-electron chi connectivity index (χ2n) is 3.83. The van der Waals surface area contributed by atoms with Gasteiger partial charge in [0, 0.05) is 12.1 Å². The van der Waals surface area contributed by atoms with Crippen molar-refractivity contribution in [3.05, 3.63) is 34.3 Å². The summed E-state index contributed by atoms with van der Waals surface area (Å²) in [5, 5.41) is 0.732. The Morgan fingerprint density at radius 2 is 2.33 bits per heavy atom. The monoisotopic (exact) mass is 224 g/mol. The molecule has 2 rings (SSSR count). The molecule has 1 aromatic rings. The van der Waals surface area contributed by atoms with Crippen molar-refractivity contribution in [2.24, 2.45) is 0 Å². The van der Waals surface area contributed by atoms with Crippen molar-refractivity contribution < 1.29 is 9.53 Å². The maximum absolute atomic E-state index is 11.2. The van der Waals surface area contributed by atoms with Crippen LogP contribution in [0.4, 0.5) is 0 Å². The Labute approximate surface area is 94.2 Å². The molecule has 3 heteroatoms. The Morgan fingerprint density at radius 1 is 1.53 bits per heavy atom. The zero-order chi connectivity index (χ0) is 10.9. The number of carbonyl (C=O) groups is 1. The summed E-state index contributed by atoms with van der Waals surface area (Å²) in [6, 6.07) is 5.65. The lowest BCUT2D eigenvalue weighted by molar-refractivity contribution is -0.130. The molecule has 1 atom stereocenters. The molecule has 2 nitrogen and oxygen atoms in total. The fourth-order valence-electron chi connectivity index (χ4n) is 2.25. The number of hydrogen-bond acceptors (Lipinski definition) is 2. The molecule has 0 saturated carbocycles. The molecule has 0 amide bonds. The number of aldehydes is 1. The summed E-state index contributed by atoms with van der Waals surface area (Å²) < 4.78 is 5.38. The molecule has 0 bridgehead atoms. The molecule has 15 heavy (non-hydrogen) atoms. The fourth-order valence-corrected chi connectivity index (χ4v) is 2.52. The number of methoxy groups -OCH3 is 1. The van der Waals surface area contributed by atoms with Crippen molar-refractivity contribution >= 4 is 17.9 Å².